The van der Waals surface area contributed by atoms with Gasteiger partial charge in [0.25, 0.3) is 5.91 Å². The molecule has 0 saturated carbocycles. The normalized spacial score (nSPS) is 10.2. The molecule has 1 aromatic carbocycles. The van der Waals surface area contributed by atoms with Crippen molar-refractivity contribution < 1.29 is 14.3 Å². The number of ether oxygens (including phenoxy) is 1. The van der Waals surface area contributed by atoms with Gasteiger partial charge in [0, 0.05) is 6.20 Å². The summed E-state index contributed by atoms with van der Waals surface area (Å²) in [6.07, 6.45) is 1.67. The van der Waals surface area contributed by atoms with Crippen LogP contribution in [0.15, 0.2) is 36.5 Å². The van der Waals surface area contributed by atoms with Gasteiger partial charge in [-0.1, -0.05) is 12.1 Å². The summed E-state index contributed by atoms with van der Waals surface area (Å²) in [6.45, 7) is 0.495. The number of methoxy groups -OCH3 is 1. The summed E-state index contributed by atoms with van der Waals surface area (Å²) in [6, 6.07) is 8.53. The van der Waals surface area contributed by atoms with E-state index in [0.717, 1.165) is 5.56 Å². The maximum atomic E-state index is 11.3. The Balaban J connectivity index is 2.10. The molecule has 1 heterocycles. The van der Waals surface area contributed by atoms with Crippen molar-refractivity contribution in [3.8, 4) is 0 Å². The summed E-state index contributed by atoms with van der Waals surface area (Å²) in [4.78, 5) is 22.2. The lowest BCUT2D eigenvalue weighted by Crippen LogP contribution is -2.12. The second kappa shape index (κ2) is 5.34. The lowest BCUT2D eigenvalue weighted by atomic mass is 10.1. The quantitative estimate of drug-likeness (QED) is 0.823. The first-order valence-corrected chi connectivity index (χ1v) is 5.60. The highest BCUT2D eigenvalue weighted by molar-refractivity contribution is 5.90. The van der Waals surface area contributed by atoms with Crippen molar-refractivity contribution in [2.75, 3.05) is 7.11 Å². The Morgan fingerprint density at radius 2 is 1.95 bits per heavy atom. The highest BCUT2D eigenvalue weighted by Gasteiger charge is 2.06. The molecule has 0 bridgehead atoms. The molecule has 6 heteroatoms. The van der Waals surface area contributed by atoms with Crippen LogP contribution in [0, 0.1) is 0 Å². The van der Waals surface area contributed by atoms with Gasteiger partial charge in [0.05, 0.1) is 19.2 Å². The zero-order chi connectivity index (χ0) is 13.8. The predicted molar refractivity (Wildman–Crippen MR) is 67.6 cm³/mol. The van der Waals surface area contributed by atoms with Crippen molar-refractivity contribution in [3.63, 3.8) is 0 Å². The Bertz CT molecular complexity index is 602. The summed E-state index contributed by atoms with van der Waals surface area (Å²) in [5.41, 5.74) is 6.79. The van der Waals surface area contributed by atoms with Gasteiger partial charge in [-0.3, -0.25) is 9.48 Å². The summed E-state index contributed by atoms with van der Waals surface area (Å²) in [5, 5.41) is 4.03. The Morgan fingerprint density at radius 1 is 1.26 bits per heavy atom. The van der Waals surface area contributed by atoms with Crippen LogP contribution in [0.1, 0.15) is 26.4 Å². The molecule has 6 nitrogen and oxygen atoms in total. The van der Waals surface area contributed by atoms with Gasteiger partial charge in [0.1, 0.15) is 5.69 Å². The molecule has 2 N–H and O–H groups in total. The van der Waals surface area contributed by atoms with E-state index in [9.17, 15) is 9.59 Å². The topological polar surface area (TPSA) is 87.2 Å². The van der Waals surface area contributed by atoms with Gasteiger partial charge in [-0.05, 0) is 23.8 Å². The first-order chi connectivity index (χ1) is 9.10. The fraction of sp³-hybridized carbons (Fsp3) is 0.154. The summed E-state index contributed by atoms with van der Waals surface area (Å²) in [5.74, 6) is -0.929. The summed E-state index contributed by atoms with van der Waals surface area (Å²) >= 11 is 0. The van der Waals surface area contributed by atoms with E-state index in [1.54, 1.807) is 41.2 Å². The molecular formula is C13H13N3O3. The second-order valence-electron chi connectivity index (χ2n) is 3.95. The third-order valence-corrected chi connectivity index (χ3v) is 2.61. The van der Waals surface area contributed by atoms with Crippen molar-refractivity contribution >= 4 is 11.9 Å². The lowest BCUT2D eigenvalue weighted by molar-refractivity contribution is 0.0600. The van der Waals surface area contributed by atoms with E-state index in [2.05, 4.69) is 9.84 Å². The Labute approximate surface area is 109 Å². The van der Waals surface area contributed by atoms with Crippen LogP contribution in [0.25, 0.3) is 0 Å². The van der Waals surface area contributed by atoms with E-state index in [4.69, 9.17) is 5.73 Å². The van der Waals surface area contributed by atoms with Gasteiger partial charge < -0.3 is 10.5 Å². The molecule has 0 aliphatic heterocycles. The smallest absolute Gasteiger partial charge is 0.337 e. The molecule has 0 fully saturated rings. The SMILES string of the molecule is COC(=O)c1ccc(Cn2ccc(C(N)=O)n2)cc1. The number of amides is 1. The fourth-order valence-electron chi connectivity index (χ4n) is 1.63. The van der Waals surface area contributed by atoms with E-state index in [1.807, 2.05) is 0 Å². The molecule has 1 amide bonds. The Morgan fingerprint density at radius 3 is 2.47 bits per heavy atom. The van der Waals surface area contributed by atoms with Crippen molar-refractivity contribution in [2.45, 2.75) is 6.54 Å². The van der Waals surface area contributed by atoms with E-state index < -0.39 is 5.91 Å². The number of rotatable bonds is 4. The highest BCUT2D eigenvalue weighted by atomic mass is 16.5. The average Bonchev–Trinajstić information content (AvgIpc) is 2.87. The van der Waals surface area contributed by atoms with E-state index in [0.29, 0.717) is 12.1 Å². The minimum Gasteiger partial charge on any atom is -0.465 e. The van der Waals surface area contributed by atoms with E-state index in [1.165, 1.54) is 7.11 Å². The minimum absolute atomic E-state index is 0.228. The fourth-order valence-corrected chi connectivity index (χ4v) is 1.63. The van der Waals surface area contributed by atoms with Crippen molar-refractivity contribution in [1.29, 1.82) is 0 Å². The number of nitrogens with zero attached hydrogens (tertiary/aromatic N) is 2. The van der Waals surface area contributed by atoms with Crippen LogP contribution in [0.3, 0.4) is 0 Å². The second-order valence-corrected chi connectivity index (χ2v) is 3.95. The van der Waals surface area contributed by atoms with Crippen LogP contribution in [-0.4, -0.2) is 28.8 Å². The number of hydrogen-bond acceptors (Lipinski definition) is 4. The molecular weight excluding hydrogens is 246 g/mol. The van der Waals surface area contributed by atoms with Crippen molar-refractivity contribution in [2.24, 2.45) is 5.73 Å². The number of aromatic nitrogens is 2. The number of carbonyl (C=O) groups excluding carboxylic acids is 2. The van der Waals surface area contributed by atoms with Crippen LogP contribution in [0.4, 0.5) is 0 Å². The number of benzene rings is 1. The molecule has 0 spiro atoms. The number of nitrogens with two attached hydrogens (primary N) is 1. The maximum Gasteiger partial charge on any atom is 0.337 e. The highest BCUT2D eigenvalue weighted by Crippen LogP contribution is 2.07. The first kappa shape index (κ1) is 12.8. The zero-order valence-electron chi connectivity index (χ0n) is 10.4. The maximum absolute atomic E-state index is 11.3. The molecule has 0 unspecified atom stereocenters. The third-order valence-electron chi connectivity index (χ3n) is 2.61. The van der Waals surface area contributed by atoms with Crippen LogP contribution in [-0.2, 0) is 11.3 Å². The van der Waals surface area contributed by atoms with Crippen LogP contribution in [0.2, 0.25) is 0 Å². The number of carbonyl (C=O) groups is 2. The van der Waals surface area contributed by atoms with Gasteiger partial charge in [0.2, 0.25) is 0 Å². The van der Waals surface area contributed by atoms with Crippen molar-refractivity contribution in [1.82, 2.24) is 9.78 Å². The van der Waals surface area contributed by atoms with E-state index >= 15 is 0 Å². The molecule has 0 aliphatic rings. The van der Waals surface area contributed by atoms with Crippen molar-refractivity contribution in [3.05, 3.63) is 53.3 Å². The molecule has 0 aliphatic carbocycles. The predicted octanol–water partition coefficient (Wildman–Crippen LogP) is 0.817. The van der Waals surface area contributed by atoms with Crippen LogP contribution in [0.5, 0.6) is 0 Å². The number of esters is 1. The Hall–Kier alpha value is -2.63. The summed E-state index contributed by atoms with van der Waals surface area (Å²) < 4.78 is 6.22. The largest absolute Gasteiger partial charge is 0.465 e. The number of primary amides is 1. The van der Waals surface area contributed by atoms with Crippen LogP contribution < -0.4 is 5.73 Å². The molecule has 0 saturated heterocycles. The first-order valence-electron chi connectivity index (χ1n) is 5.60. The van der Waals surface area contributed by atoms with Gasteiger partial charge in [0.15, 0.2) is 0 Å². The van der Waals surface area contributed by atoms with Gasteiger partial charge in [-0.25, -0.2) is 4.79 Å². The molecule has 2 rings (SSSR count). The average molecular weight is 259 g/mol. The summed E-state index contributed by atoms with van der Waals surface area (Å²) in [7, 11) is 1.34. The molecule has 0 atom stereocenters. The molecule has 1 aromatic heterocycles. The van der Waals surface area contributed by atoms with Crippen LogP contribution >= 0.6 is 0 Å². The van der Waals surface area contributed by atoms with E-state index in [-0.39, 0.29) is 11.7 Å². The Kier molecular flexibility index (Phi) is 3.61. The molecule has 19 heavy (non-hydrogen) atoms. The zero-order valence-corrected chi connectivity index (χ0v) is 10.4. The monoisotopic (exact) mass is 259 g/mol. The minimum atomic E-state index is -0.556. The number of hydrogen-bond donors (Lipinski definition) is 1. The third kappa shape index (κ3) is 2.98. The van der Waals surface area contributed by atoms with Gasteiger partial charge in [-0.2, -0.15) is 5.10 Å². The standard InChI is InChI=1S/C13H13N3O3/c1-19-13(18)10-4-2-9(3-5-10)8-16-7-6-11(15-16)12(14)17/h2-7H,8H2,1H3,(H2,14,17). The van der Waals surface area contributed by atoms with Gasteiger partial charge >= 0.3 is 5.97 Å². The molecule has 98 valence electrons. The lowest BCUT2D eigenvalue weighted by Gasteiger charge is -2.03. The molecule has 2 aromatic rings. The molecule has 0 radical (unpaired) electrons. The van der Waals surface area contributed by atoms with Gasteiger partial charge in [-0.15, -0.1) is 0 Å².